The molecule has 1 atom stereocenters. The van der Waals surface area contributed by atoms with Crippen molar-refractivity contribution in [3.05, 3.63) is 71.9 Å². The number of fused-ring (bicyclic) bond motifs is 1. The zero-order chi connectivity index (χ0) is 18.8. The normalized spacial score (nSPS) is 12.3. The molecule has 0 aliphatic rings. The number of aliphatic hydroxyl groups is 1. The van der Waals surface area contributed by atoms with E-state index >= 15 is 0 Å². The predicted octanol–water partition coefficient (Wildman–Crippen LogP) is 3.61. The zero-order valence-corrected chi connectivity index (χ0v) is 14.6. The zero-order valence-electron chi connectivity index (χ0n) is 14.6. The fourth-order valence-corrected chi connectivity index (χ4v) is 2.98. The molecule has 0 aliphatic heterocycles. The first-order valence-electron chi connectivity index (χ1n) is 8.54. The highest BCUT2D eigenvalue weighted by molar-refractivity contribution is 5.85. The highest BCUT2D eigenvalue weighted by atomic mass is 19.1. The van der Waals surface area contributed by atoms with Crippen LogP contribution in [-0.2, 0) is 0 Å². The van der Waals surface area contributed by atoms with Crippen LogP contribution < -0.4 is 5.32 Å². The number of benzene rings is 2. The van der Waals surface area contributed by atoms with Crippen LogP contribution in [0, 0.1) is 12.7 Å². The first-order valence-corrected chi connectivity index (χ1v) is 8.54. The highest BCUT2D eigenvalue weighted by Gasteiger charge is 2.12. The maximum absolute atomic E-state index is 13.1. The summed E-state index contributed by atoms with van der Waals surface area (Å²) in [6.45, 7) is 1.81. The van der Waals surface area contributed by atoms with E-state index in [9.17, 15) is 9.50 Å². The Kier molecular flexibility index (Phi) is 4.52. The Bertz CT molecular complexity index is 1080. The number of hydrogen-bond acceptors (Lipinski definition) is 5. The molecular weight excluding hydrogens is 345 g/mol. The molecule has 0 spiro atoms. The van der Waals surface area contributed by atoms with Crippen LogP contribution in [0.3, 0.4) is 0 Å². The van der Waals surface area contributed by atoms with Gasteiger partial charge in [0.2, 0.25) is 0 Å². The highest BCUT2D eigenvalue weighted by Crippen LogP contribution is 2.25. The van der Waals surface area contributed by atoms with Gasteiger partial charge in [0.15, 0.2) is 0 Å². The van der Waals surface area contributed by atoms with Crippen LogP contribution in [0.15, 0.2) is 54.9 Å². The molecule has 0 fully saturated rings. The summed E-state index contributed by atoms with van der Waals surface area (Å²) in [7, 11) is 0. The molecule has 0 unspecified atom stereocenters. The largest absolute Gasteiger partial charge is 0.394 e. The van der Waals surface area contributed by atoms with Gasteiger partial charge in [0, 0.05) is 16.6 Å². The lowest BCUT2D eigenvalue weighted by atomic mass is 10.1. The molecule has 4 rings (SSSR count). The molecule has 0 saturated carbocycles. The fourth-order valence-electron chi connectivity index (χ4n) is 2.98. The summed E-state index contributed by atoms with van der Waals surface area (Å²) < 4.78 is 13.1. The van der Waals surface area contributed by atoms with Gasteiger partial charge in [-0.3, -0.25) is 10.1 Å². The van der Waals surface area contributed by atoms with Gasteiger partial charge < -0.3 is 10.4 Å². The molecule has 2 heterocycles. The quantitative estimate of drug-likeness (QED) is 0.504. The van der Waals surface area contributed by atoms with Crippen LogP contribution in [0.2, 0.25) is 0 Å². The summed E-state index contributed by atoms with van der Waals surface area (Å²) >= 11 is 0. The van der Waals surface area contributed by atoms with Gasteiger partial charge in [-0.2, -0.15) is 5.10 Å². The molecule has 0 amide bonds. The topological polar surface area (TPSA) is 86.7 Å². The Hall–Kier alpha value is -3.32. The van der Waals surface area contributed by atoms with Crippen LogP contribution in [0.25, 0.3) is 22.2 Å². The molecule has 7 heteroatoms. The number of H-pyrrole nitrogens is 1. The lowest BCUT2D eigenvalue weighted by molar-refractivity contribution is 0.276. The smallest absolute Gasteiger partial charge is 0.145 e. The van der Waals surface area contributed by atoms with Crippen LogP contribution in [0.1, 0.15) is 17.3 Å². The van der Waals surface area contributed by atoms with Crippen molar-refractivity contribution in [2.24, 2.45) is 0 Å². The summed E-state index contributed by atoms with van der Waals surface area (Å²) in [5, 5.41) is 21.1. The van der Waals surface area contributed by atoms with E-state index in [1.807, 2.05) is 25.1 Å². The van der Waals surface area contributed by atoms with E-state index in [1.54, 1.807) is 24.5 Å². The number of aliphatic hydroxyl groups excluding tert-OH is 1. The Balaban J connectivity index is 1.62. The van der Waals surface area contributed by atoms with E-state index in [0.29, 0.717) is 11.5 Å². The molecular formula is C20H18FN5O. The SMILES string of the molecule is Cc1[nH]nc2ccc(-c3cncc(N[C@@H](CO)c4ccc(F)cc4)n3)cc12. The molecule has 0 aliphatic carbocycles. The molecule has 2 aromatic carbocycles. The van der Waals surface area contributed by atoms with E-state index < -0.39 is 6.04 Å². The van der Waals surface area contributed by atoms with E-state index in [2.05, 4.69) is 25.5 Å². The minimum atomic E-state index is -0.409. The number of aromatic nitrogens is 4. The summed E-state index contributed by atoms with van der Waals surface area (Å²) in [4.78, 5) is 8.86. The van der Waals surface area contributed by atoms with Crippen molar-refractivity contribution in [3.63, 3.8) is 0 Å². The van der Waals surface area contributed by atoms with Crippen molar-refractivity contribution >= 4 is 16.7 Å². The number of aryl methyl sites for hydroxylation is 1. The van der Waals surface area contributed by atoms with Gasteiger partial charge >= 0.3 is 0 Å². The van der Waals surface area contributed by atoms with Gasteiger partial charge in [0.1, 0.15) is 11.6 Å². The van der Waals surface area contributed by atoms with Crippen LogP contribution in [0.4, 0.5) is 10.2 Å². The third-order valence-electron chi connectivity index (χ3n) is 4.45. The van der Waals surface area contributed by atoms with E-state index in [4.69, 9.17) is 0 Å². The Morgan fingerprint density at radius 1 is 1.15 bits per heavy atom. The van der Waals surface area contributed by atoms with Crippen molar-refractivity contribution < 1.29 is 9.50 Å². The van der Waals surface area contributed by atoms with Crippen LogP contribution in [-0.4, -0.2) is 31.9 Å². The van der Waals surface area contributed by atoms with E-state index in [1.165, 1.54) is 12.1 Å². The fraction of sp³-hybridized carbons (Fsp3) is 0.150. The average molecular weight is 363 g/mol. The van der Waals surface area contributed by atoms with Crippen LogP contribution >= 0.6 is 0 Å². The van der Waals surface area contributed by atoms with Crippen molar-refractivity contribution in [2.45, 2.75) is 13.0 Å². The van der Waals surface area contributed by atoms with Gasteiger partial charge in [-0.1, -0.05) is 18.2 Å². The summed E-state index contributed by atoms with van der Waals surface area (Å²) in [5.74, 6) is 0.210. The molecule has 136 valence electrons. The maximum atomic E-state index is 13.1. The third-order valence-corrected chi connectivity index (χ3v) is 4.45. The number of rotatable bonds is 5. The number of halogens is 1. The van der Waals surface area contributed by atoms with E-state index in [-0.39, 0.29) is 12.4 Å². The molecule has 0 saturated heterocycles. The summed E-state index contributed by atoms with van der Waals surface area (Å²) in [6, 6.07) is 11.5. The third kappa shape index (κ3) is 3.50. The first kappa shape index (κ1) is 17.1. The monoisotopic (exact) mass is 363 g/mol. The minimum Gasteiger partial charge on any atom is -0.394 e. The molecule has 0 bridgehead atoms. The first-order chi connectivity index (χ1) is 13.1. The number of aromatic amines is 1. The molecule has 4 aromatic rings. The maximum Gasteiger partial charge on any atom is 0.145 e. The van der Waals surface area contributed by atoms with Gasteiger partial charge in [-0.15, -0.1) is 0 Å². The van der Waals surface area contributed by atoms with Crippen molar-refractivity contribution in [1.82, 2.24) is 20.2 Å². The summed E-state index contributed by atoms with van der Waals surface area (Å²) in [5.41, 5.74) is 4.28. The number of nitrogens with zero attached hydrogens (tertiary/aromatic N) is 3. The van der Waals surface area contributed by atoms with Gasteiger partial charge in [0.05, 0.1) is 36.3 Å². The molecule has 2 aromatic heterocycles. The van der Waals surface area contributed by atoms with Gasteiger partial charge in [-0.25, -0.2) is 9.37 Å². The Morgan fingerprint density at radius 3 is 2.74 bits per heavy atom. The molecule has 6 nitrogen and oxygen atoms in total. The second-order valence-corrected chi connectivity index (χ2v) is 6.30. The van der Waals surface area contributed by atoms with E-state index in [0.717, 1.165) is 27.7 Å². The second-order valence-electron chi connectivity index (χ2n) is 6.30. The standard InChI is InChI=1S/C20H18FN5O/c1-12-16-8-14(4-7-17(16)26-25-12)18-9-22-10-20(23-18)24-19(11-27)13-2-5-15(21)6-3-13/h2-10,19,27H,11H2,1H3,(H,23,24)(H,25,26)/t19-/m0/s1. The minimum absolute atomic E-state index is 0.155. The molecule has 3 N–H and O–H groups in total. The lowest BCUT2D eigenvalue weighted by Crippen LogP contribution is -2.16. The second kappa shape index (κ2) is 7.13. The van der Waals surface area contributed by atoms with Gasteiger partial charge in [-0.05, 0) is 36.8 Å². The molecule has 27 heavy (non-hydrogen) atoms. The number of nitrogens with one attached hydrogen (secondary N) is 2. The lowest BCUT2D eigenvalue weighted by Gasteiger charge is -2.17. The van der Waals surface area contributed by atoms with Crippen LogP contribution in [0.5, 0.6) is 0 Å². The number of anilines is 1. The molecule has 0 radical (unpaired) electrons. The van der Waals surface area contributed by atoms with Crippen molar-refractivity contribution in [3.8, 4) is 11.3 Å². The van der Waals surface area contributed by atoms with Crippen molar-refractivity contribution in [1.29, 1.82) is 0 Å². The van der Waals surface area contributed by atoms with Crippen molar-refractivity contribution in [2.75, 3.05) is 11.9 Å². The Morgan fingerprint density at radius 2 is 1.96 bits per heavy atom. The summed E-state index contributed by atoms with van der Waals surface area (Å²) in [6.07, 6.45) is 3.28. The predicted molar refractivity (Wildman–Crippen MR) is 102 cm³/mol. The Labute approximate surface area is 155 Å². The van der Waals surface area contributed by atoms with Gasteiger partial charge in [0.25, 0.3) is 0 Å². The average Bonchev–Trinajstić information content (AvgIpc) is 3.07. The number of hydrogen-bond donors (Lipinski definition) is 3.